The summed E-state index contributed by atoms with van der Waals surface area (Å²) in [6, 6.07) is 5.84. The first-order chi connectivity index (χ1) is 6.59. The number of benzene rings is 1. The van der Waals surface area contributed by atoms with Crippen molar-refractivity contribution in [1.29, 1.82) is 0 Å². The quantitative estimate of drug-likeness (QED) is 0.795. The van der Waals surface area contributed by atoms with E-state index in [9.17, 15) is 8.78 Å². The first-order valence-corrected chi connectivity index (χ1v) is 5.89. The smallest absolute Gasteiger partial charge is 0.250 e. The molecule has 1 rings (SSSR count). The summed E-state index contributed by atoms with van der Waals surface area (Å²) >= 11 is 5.56. The Balaban J connectivity index is 2.53. The van der Waals surface area contributed by atoms with E-state index in [0.29, 0.717) is 6.54 Å². The molecule has 0 radical (unpaired) electrons. The van der Waals surface area contributed by atoms with Gasteiger partial charge in [0.25, 0.3) is 6.43 Å². The van der Waals surface area contributed by atoms with Gasteiger partial charge >= 0.3 is 0 Å². The highest BCUT2D eigenvalue weighted by atomic mass is 127. The largest absolute Gasteiger partial charge is 0.307 e. The van der Waals surface area contributed by atoms with Gasteiger partial charge < -0.3 is 5.32 Å². The molecule has 0 spiro atoms. The molecule has 0 aliphatic rings. The standard InChI is InChI=1S/C9H9BrF2IN/c10-8-2-1-7(13)3-6(8)4-14-5-9(11)12/h1-3,9,14H,4-5H2. The van der Waals surface area contributed by atoms with Gasteiger partial charge in [-0.25, -0.2) is 8.78 Å². The summed E-state index contributed by atoms with van der Waals surface area (Å²) in [6.45, 7) is 0.194. The molecule has 14 heavy (non-hydrogen) atoms. The van der Waals surface area contributed by atoms with Gasteiger partial charge in [-0.15, -0.1) is 0 Å². The molecule has 1 N–H and O–H groups in total. The lowest BCUT2D eigenvalue weighted by molar-refractivity contribution is 0.145. The van der Waals surface area contributed by atoms with Gasteiger partial charge in [0.15, 0.2) is 0 Å². The highest BCUT2D eigenvalue weighted by Crippen LogP contribution is 2.19. The number of hydrogen-bond donors (Lipinski definition) is 1. The van der Waals surface area contributed by atoms with Crippen LogP contribution in [0.5, 0.6) is 0 Å². The van der Waals surface area contributed by atoms with Crippen LogP contribution < -0.4 is 5.32 Å². The zero-order valence-corrected chi connectivity index (χ0v) is 11.0. The Kier molecular flexibility index (Phi) is 5.25. The maximum absolute atomic E-state index is 11.8. The van der Waals surface area contributed by atoms with E-state index < -0.39 is 6.43 Å². The predicted molar refractivity (Wildman–Crippen MR) is 64.6 cm³/mol. The molecule has 0 atom stereocenters. The van der Waals surface area contributed by atoms with Gasteiger partial charge in [-0.05, 0) is 46.4 Å². The average Bonchev–Trinajstić information content (AvgIpc) is 2.10. The molecule has 0 aliphatic heterocycles. The fourth-order valence-corrected chi connectivity index (χ4v) is 1.94. The van der Waals surface area contributed by atoms with Gasteiger partial charge in [0.05, 0.1) is 6.54 Å². The molecule has 1 aromatic carbocycles. The fraction of sp³-hybridized carbons (Fsp3) is 0.333. The van der Waals surface area contributed by atoms with Crippen LogP contribution in [0.25, 0.3) is 0 Å². The third kappa shape index (κ3) is 4.18. The molecule has 1 nitrogen and oxygen atoms in total. The molecule has 1 aromatic rings. The number of alkyl halides is 2. The maximum atomic E-state index is 11.8. The van der Waals surface area contributed by atoms with Crippen molar-refractivity contribution in [3.63, 3.8) is 0 Å². The summed E-state index contributed by atoms with van der Waals surface area (Å²) in [4.78, 5) is 0. The second kappa shape index (κ2) is 5.97. The van der Waals surface area contributed by atoms with Crippen LogP contribution in [0.2, 0.25) is 0 Å². The molecule has 0 unspecified atom stereocenters. The first-order valence-electron chi connectivity index (χ1n) is 4.02. The van der Waals surface area contributed by atoms with Crippen molar-refractivity contribution in [3.8, 4) is 0 Å². The second-order valence-electron chi connectivity index (χ2n) is 2.76. The lowest BCUT2D eigenvalue weighted by Crippen LogP contribution is -2.20. The number of nitrogens with one attached hydrogen (secondary N) is 1. The number of hydrogen-bond acceptors (Lipinski definition) is 1. The monoisotopic (exact) mass is 375 g/mol. The Morgan fingerprint density at radius 2 is 2.14 bits per heavy atom. The van der Waals surface area contributed by atoms with Crippen molar-refractivity contribution in [1.82, 2.24) is 5.32 Å². The van der Waals surface area contributed by atoms with Crippen LogP contribution in [0.3, 0.4) is 0 Å². The van der Waals surface area contributed by atoms with Gasteiger partial charge in [-0.1, -0.05) is 15.9 Å². The Bertz CT molecular complexity index is 307. The zero-order valence-electron chi connectivity index (χ0n) is 7.24. The molecule has 0 bridgehead atoms. The first kappa shape index (κ1) is 12.3. The fourth-order valence-electron chi connectivity index (χ4n) is 0.995. The summed E-state index contributed by atoms with van der Waals surface area (Å²) in [6.07, 6.45) is -2.29. The van der Waals surface area contributed by atoms with Crippen molar-refractivity contribution in [2.24, 2.45) is 0 Å². The Morgan fingerprint density at radius 3 is 2.79 bits per heavy atom. The molecular formula is C9H9BrF2IN. The van der Waals surface area contributed by atoms with E-state index in [-0.39, 0.29) is 6.54 Å². The van der Waals surface area contributed by atoms with E-state index in [2.05, 4.69) is 43.8 Å². The highest BCUT2D eigenvalue weighted by molar-refractivity contribution is 14.1. The van der Waals surface area contributed by atoms with Gasteiger partial charge in [0.1, 0.15) is 0 Å². The molecule has 0 aliphatic carbocycles. The lowest BCUT2D eigenvalue weighted by atomic mass is 10.2. The summed E-state index contributed by atoms with van der Waals surface area (Å²) in [5.74, 6) is 0. The molecule has 0 amide bonds. The van der Waals surface area contributed by atoms with Crippen molar-refractivity contribution in [2.75, 3.05) is 6.54 Å². The van der Waals surface area contributed by atoms with E-state index in [4.69, 9.17) is 0 Å². The molecule has 0 saturated carbocycles. The highest BCUT2D eigenvalue weighted by Gasteiger charge is 2.03. The Morgan fingerprint density at radius 1 is 1.43 bits per heavy atom. The van der Waals surface area contributed by atoms with Gasteiger partial charge in [-0.2, -0.15) is 0 Å². The van der Waals surface area contributed by atoms with Gasteiger partial charge in [0.2, 0.25) is 0 Å². The van der Waals surface area contributed by atoms with E-state index in [1.165, 1.54) is 0 Å². The normalized spacial score (nSPS) is 10.9. The van der Waals surface area contributed by atoms with Crippen LogP contribution in [-0.4, -0.2) is 13.0 Å². The number of rotatable bonds is 4. The average molecular weight is 376 g/mol. The van der Waals surface area contributed by atoms with Crippen LogP contribution in [0.1, 0.15) is 5.56 Å². The minimum atomic E-state index is -2.29. The van der Waals surface area contributed by atoms with Crippen molar-refractivity contribution < 1.29 is 8.78 Å². The molecular weight excluding hydrogens is 367 g/mol. The third-order valence-corrected chi connectivity index (χ3v) is 3.07. The summed E-state index contributed by atoms with van der Waals surface area (Å²) < 4.78 is 25.7. The van der Waals surface area contributed by atoms with Crippen LogP contribution in [0.4, 0.5) is 8.78 Å². The number of halogens is 4. The molecule has 78 valence electrons. The zero-order chi connectivity index (χ0) is 10.6. The molecule has 0 saturated heterocycles. The van der Waals surface area contributed by atoms with E-state index in [1.807, 2.05) is 18.2 Å². The van der Waals surface area contributed by atoms with E-state index in [0.717, 1.165) is 13.6 Å². The summed E-state index contributed by atoms with van der Waals surface area (Å²) in [5.41, 5.74) is 0.998. The minimum absolute atomic E-state index is 0.266. The van der Waals surface area contributed by atoms with Gasteiger partial charge in [0, 0.05) is 14.6 Å². The third-order valence-electron chi connectivity index (χ3n) is 1.62. The molecule has 0 fully saturated rings. The Labute approximate surface area is 104 Å². The SMILES string of the molecule is FC(F)CNCc1cc(I)ccc1Br. The lowest BCUT2D eigenvalue weighted by Gasteiger charge is -2.06. The van der Waals surface area contributed by atoms with Crippen LogP contribution in [0, 0.1) is 3.57 Å². The molecule has 5 heteroatoms. The van der Waals surface area contributed by atoms with Crippen LogP contribution in [-0.2, 0) is 6.54 Å². The Hall–Kier alpha value is 0.250. The topological polar surface area (TPSA) is 12.0 Å². The summed E-state index contributed by atoms with van der Waals surface area (Å²) in [7, 11) is 0. The minimum Gasteiger partial charge on any atom is -0.307 e. The second-order valence-corrected chi connectivity index (χ2v) is 4.86. The van der Waals surface area contributed by atoms with Gasteiger partial charge in [-0.3, -0.25) is 0 Å². The van der Waals surface area contributed by atoms with Crippen molar-refractivity contribution in [3.05, 3.63) is 31.8 Å². The van der Waals surface area contributed by atoms with E-state index >= 15 is 0 Å². The summed E-state index contributed by atoms with van der Waals surface area (Å²) in [5, 5.41) is 2.69. The van der Waals surface area contributed by atoms with Crippen LogP contribution in [0.15, 0.2) is 22.7 Å². The van der Waals surface area contributed by atoms with Crippen molar-refractivity contribution >= 4 is 38.5 Å². The van der Waals surface area contributed by atoms with E-state index in [1.54, 1.807) is 0 Å². The maximum Gasteiger partial charge on any atom is 0.250 e. The molecule has 0 aromatic heterocycles. The predicted octanol–water partition coefficient (Wildman–Crippen LogP) is 3.41. The van der Waals surface area contributed by atoms with Crippen LogP contribution >= 0.6 is 38.5 Å². The van der Waals surface area contributed by atoms with Crippen molar-refractivity contribution in [2.45, 2.75) is 13.0 Å². The molecule has 0 heterocycles.